The lowest BCUT2D eigenvalue weighted by Crippen LogP contribution is -2.37. The number of hydrogen-bond acceptors (Lipinski definition) is 4. The van der Waals surface area contributed by atoms with Gasteiger partial charge >= 0.3 is 23.9 Å². The maximum Gasteiger partial charge on any atom is 0.318 e. The highest BCUT2D eigenvalue weighted by atomic mass is 16.4. The first-order chi connectivity index (χ1) is 13.7. The van der Waals surface area contributed by atoms with Gasteiger partial charge in [-0.25, -0.2) is 0 Å². The molecule has 0 heterocycles. The number of rotatable bonds is 18. The maximum atomic E-state index is 11.6. The summed E-state index contributed by atoms with van der Waals surface area (Å²) >= 11 is 0. The Bertz CT molecular complexity index is 503. The number of aliphatic carboxylic acids is 4. The predicted molar refractivity (Wildman–Crippen MR) is 107 cm³/mol. The minimum Gasteiger partial charge on any atom is -0.481 e. The fourth-order valence-corrected chi connectivity index (χ4v) is 3.98. The van der Waals surface area contributed by atoms with Crippen LogP contribution >= 0.6 is 0 Å². The van der Waals surface area contributed by atoms with Crippen LogP contribution in [0.15, 0.2) is 0 Å². The van der Waals surface area contributed by atoms with Crippen LogP contribution in [0, 0.1) is 23.7 Å². The summed E-state index contributed by atoms with van der Waals surface area (Å²) in [5, 5.41) is 37.4. The van der Waals surface area contributed by atoms with E-state index in [0.717, 1.165) is 38.5 Å². The lowest BCUT2D eigenvalue weighted by molar-refractivity contribution is -0.158. The Morgan fingerprint density at radius 3 is 1.31 bits per heavy atom. The van der Waals surface area contributed by atoms with Crippen molar-refractivity contribution in [1.29, 1.82) is 0 Å². The lowest BCUT2D eigenvalue weighted by atomic mass is 9.75. The normalized spacial score (nSPS) is 13.4. The Hall–Kier alpha value is -2.12. The second-order valence-corrected chi connectivity index (χ2v) is 7.76. The van der Waals surface area contributed by atoms with Crippen molar-refractivity contribution in [2.24, 2.45) is 23.7 Å². The summed E-state index contributed by atoms with van der Waals surface area (Å²) in [6.07, 6.45) is 8.02. The van der Waals surface area contributed by atoms with Gasteiger partial charge in [0, 0.05) is 0 Å². The van der Waals surface area contributed by atoms with E-state index < -0.39 is 47.5 Å². The van der Waals surface area contributed by atoms with E-state index in [1.54, 1.807) is 6.92 Å². The van der Waals surface area contributed by atoms with Gasteiger partial charge in [-0.3, -0.25) is 19.2 Å². The van der Waals surface area contributed by atoms with E-state index in [9.17, 15) is 39.6 Å². The molecule has 0 amide bonds. The highest BCUT2D eigenvalue weighted by molar-refractivity contribution is 5.94. The predicted octanol–water partition coefficient (Wildman–Crippen LogP) is 4.12. The van der Waals surface area contributed by atoms with Crippen LogP contribution in [0.25, 0.3) is 0 Å². The van der Waals surface area contributed by atoms with Crippen molar-refractivity contribution in [1.82, 2.24) is 0 Å². The molecule has 0 saturated carbocycles. The van der Waals surface area contributed by atoms with Crippen LogP contribution in [0.3, 0.4) is 0 Å². The second kappa shape index (κ2) is 14.8. The molecule has 0 aliphatic rings. The van der Waals surface area contributed by atoms with E-state index in [0.29, 0.717) is 19.3 Å². The van der Waals surface area contributed by atoms with Crippen LogP contribution in [-0.4, -0.2) is 44.3 Å². The number of carboxylic acids is 4. The molecular weight excluding hydrogens is 380 g/mol. The third-order valence-corrected chi connectivity index (χ3v) is 5.45. The topological polar surface area (TPSA) is 149 Å². The van der Waals surface area contributed by atoms with E-state index in [-0.39, 0.29) is 12.8 Å². The van der Waals surface area contributed by atoms with Gasteiger partial charge in [0.15, 0.2) is 11.8 Å². The molecule has 8 heteroatoms. The van der Waals surface area contributed by atoms with Gasteiger partial charge in [-0.05, 0) is 31.1 Å². The summed E-state index contributed by atoms with van der Waals surface area (Å²) in [7, 11) is 0. The molecule has 168 valence electrons. The zero-order chi connectivity index (χ0) is 22.4. The van der Waals surface area contributed by atoms with Gasteiger partial charge in [0.1, 0.15) is 0 Å². The molecule has 0 aromatic rings. The van der Waals surface area contributed by atoms with Gasteiger partial charge in [0.05, 0.1) is 0 Å². The lowest BCUT2D eigenvalue weighted by Gasteiger charge is -2.28. The number of unbranched alkanes of at least 4 members (excludes halogenated alkanes) is 6. The molecule has 0 bridgehead atoms. The summed E-state index contributed by atoms with van der Waals surface area (Å²) in [6, 6.07) is 0. The van der Waals surface area contributed by atoms with Gasteiger partial charge in [0.2, 0.25) is 0 Å². The Balaban J connectivity index is 5.28. The van der Waals surface area contributed by atoms with Gasteiger partial charge in [-0.2, -0.15) is 0 Å². The molecule has 0 aliphatic heterocycles. The van der Waals surface area contributed by atoms with E-state index in [4.69, 9.17) is 0 Å². The second-order valence-electron chi connectivity index (χ2n) is 7.76. The molecule has 0 aromatic carbocycles. The quantitative estimate of drug-likeness (QED) is 0.192. The van der Waals surface area contributed by atoms with Crippen LogP contribution in [0.2, 0.25) is 0 Å². The third kappa shape index (κ3) is 10.3. The van der Waals surface area contributed by atoms with Crippen LogP contribution in [0.5, 0.6) is 0 Å². The molecule has 2 unspecified atom stereocenters. The molecule has 29 heavy (non-hydrogen) atoms. The molecule has 0 spiro atoms. The monoisotopic (exact) mass is 416 g/mol. The summed E-state index contributed by atoms with van der Waals surface area (Å²) in [6.45, 7) is 3.90. The van der Waals surface area contributed by atoms with Crippen LogP contribution < -0.4 is 0 Å². The highest BCUT2D eigenvalue weighted by Gasteiger charge is 2.40. The van der Waals surface area contributed by atoms with Crippen molar-refractivity contribution >= 4 is 23.9 Å². The Kier molecular flexibility index (Phi) is 13.7. The fourth-order valence-electron chi connectivity index (χ4n) is 3.98. The van der Waals surface area contributed by atoms with Gasteiger partial charge in [0.25, 0.3) is 0 Å². The molecular formula is C21H36O8. The van der Waals surface area contributed by atoms with E-state index in [1.807, 2.05) is 0 Å². The highest BCUT2D eigenvalue weighted by Crippen LogP contribution is 2.33. The SMILES string of the molecule is CCCCCCCCCC(CC(CCC)C(C(=O)O)C(=O)O)C(C(=O)O)C(=O)O. The largest absolute Gasteiger partial charge is 0.481 e. The van der Waals surface area contributed by atoms with Gasteiger partial charge in [-0.15, -0.1) is 0 Å². The van der Waals surface area contributed by atoms with Crippen molar-refractivity contribution < 1.29 is 39.6 Å². The summed E-state index contributed by atoms with van der Waals surface area (Å²) in [5.41, 5.74) is 0. The van der Waals surface area contributed by atoms with E-state index >= 15 is 0 Å². The molecule has 0 aliphatic carbocycles. The van der Waals surface area contributed by atoms with Crippen LogP contribution in [-0.2, 0) is 19.2 Å². The molecule has 2 atom stereocenters. The molecule has 0 radical (unpaired) electrons. The summed E-state index contributed by atoms with van der Waals surface area (Å²) < 4.78 is 0. The van der Waals surface area contributed by atoms with Crippen molar-refractivity contribution in [3.8, 4) is 0 Å². The fraction of sp³-hybridized carbons (Fsp3) is 0.810. The average Bonchev–Trinajstić information content (AvgIpc) is 2.59. The standard InChI is InChI=1S/C21H36O8/c1-3-5-6-7-8-9-10-12-15(17(20(26)27)21(28)29)13-14(11-4-2)16(18(22)23)19(24)25/h14-17H,3-13H2,1-2H3,(H,22,23)(H,24,25)(H,26,27)(H,28,29). The molecule has 0 rings (SSSR count). The van der Waals surface area contributed by atoms with Crippen LogP contribution in [0.1, 0.15) is 84.5 Å². The van der Waals surface area contributed by atoms with E-state index in [2.05, 4.69) is 6.92 Å². The van der Waals surface area contributed by atoms with Crippen LogP contribution in [0.4, 0.5) is 0 Å². The molecule has 0 aromatic heterocycles. The third-order valence-electron chi connectivity index (χ3n) is 5.45. The van der Waals surface area contributed by atoms with Crippen molar-refractivity contribution in [2.75, 3.05) is 0 Å². The minimum absolute atomic E-state index is 0.0454. The number of hydrogen-bond donors (Lipinski definition) is 4. The Morgan fingerprint density at radius 1 is 0.552 bits per heavy atom. The average molecular weight is 417 g/mol. The Labute approximate surface area is 172 Å². The maximum absolute atomic E-state index is 11.6. The molecule has 0 saturated heterocycles. The minimum atomic E-state index is -1.67. The first kappa shape index (κ1) is 26.9. The smallest absolute Gasteiger partial charge is 0.318 e. The van der Waals surface area contributed by atoms with Crippen molar-refractivity contribution in [3.63, 3.8) is 0 Å². The Morgan fingerprint density at radius 2 is 0.931 bits per heavy atom. The van der Waals surface area contributed by atoms with Gasteiger partial charge in [-0.1, -0.05) is 65.2 Å². The van der Waals surface area contributed by atoms with Crippen molar-refractivity contribution in [3.05, 3.63) is 0 Å². The zero-order valence-electron chi connectivity index (χ0n) is 17.5. The first-order valence-electron chi connectivity index (χ1n) is 10.6. The van der Waals surface area contributed by atoms with Gasteiger partial charge < -0.3 is 20.4 Å². The molecule has 4 N–H and O–H groups in total. The summed E-state index contributed by atoms with van der Waals surface area (Å²) in [5.74, 6) is -10.9. The summed E-state index contributed by atoms with van der Waals surface area (Å²) in [4.78, 5) is 46.0. The van der Waals surface area contributed by atoms with E-state index in [1.165, 1.54) is 0 Å². The zero-order valence-corrected chi connectivity index (χ0v) is 17.5. The number of carbonyl (C=O) groups is 4. The van der Waals surface area contributed by atoms with Crippen molar-refractivity contribution in [2.45, 2.75) is 84.5 Å². The molecule has 8 nitrogen and oxygen atoms in total. The molecule has 0 fully saturated rings. The first-order valence-corrected chi connectivity index (χ1v) is 10.6. The number of carboxylic acid groups (broad SMARTS) is 4.